The van der Waals surface area contributed by atoms with Gasteiger partial charge in [-0.25, -0.2) is 0 Å². The van der Waals surface area contributed by atoms with Gasteiger partial charge in [0.15, 0.2) is 0 Å². The molecule has 0 heterocycles. The van der Waals surface area contributed by atoms with Crippen molar-refractivity contribution in [2.75, 3.05) is 0 Å². The van der Waals surface area contributed by atoms with Crippen LogP contribution in [-0.2, 0) is 0 Å². The first-order chi connectivity index (χ1) is 11.7. The second-order valence-electron chi connectivity index (χ2n) is 9.95. The summed E-state index contributed by atoms with van der Waals surface area (Å²) in [6.07, 6.45) is 5.51. The predicted octanol–water partition coefficient (Wildman–Crippen LogP) is 2.25. The molecule has 0 aromatic heterocycles. The summed E-state index contributed by atoms with van der Waals surface area (Å²) in [4.78, 5) is 0. The quantitative estimate of drug-likeness (QED) is 0.547. The first kappa shape index (κ1) is 18.0. The van der Waals surface area contributed by atoms with Gasteiger partial charge >= 0.3 is 0 Å². The minimum Gasteiger partial charge on any atom is -0.393 e. The number of aliphatic hydroxyl groups excluding tert-OH is 4. The Labute approximate surface area is 151 Å². The Kier molecular flexibility index (Phi) is 4.16. The SMILES string of the molecule is C[C@H](O)[C@H]1C[C@H](O)[C@H]2C3=CC[C@H]4C[C@H](O)CC[C@]4(C)[C@H]3[C@H](O)C[C@]12C. The first-order valence-electron chi connectivity index (χ1n) is 10.1. The Morgan fingerprint density at radius 2 is 1.72 bits per heavy atom. The van der Waals surface area contributed by atoms with Gasteiger partial charge < -0.3 is 20.4 Å². The molecular weight excluding hydrogens is 316 g/mol. The number of aliphatic hydroxyl groups is 4. The second-order valence-corrected chi connectivity index (χ2v) is 9.95. The lowest BCUT2D eigenvalue weighted by molar-refractivity contribution is -0.109. The van der Waals surface area contributed by atoms with Crippen molar-refractivity contribution in [3.05, 3.63) is 11.6 Å². The molecule has 0 saturated heterocycles. The summed E-state index contributed by atoms with van der Waals surface area (Å²) >= 11 is 0. The molecule has 4 aliphatic carbocycles. The monoisotopic (exact) mass is 350 g/mol. The van der Waals surface area contributed by atoms with E-state index in [1.807, 2.05) is 6.92 Å². The number of hydrogen-bond acceptors (Lipinski definition) is 4. The van der Waals surface area contributed by atoms with Gasteiger partial charge in [-0.1, -0.05) is 25.5 Å². The van der Waals surface area contributed by atoms with E-state index in [-0.39, 0.29) is 34.7 Å². The van der Waals surface area contributed by atoms with Gasteiger partial charge in [-0.05, 0) is 68.1 Å². The van der Waals surface area contributed by atoms with Crippen LogP contribution in [0.2, 0.25) is 0 Å². The van der Waals surface area contributed by atoms with Crippen molar-refractivity contribution in [2.24, 2.45) is 34.5 Å². The van der Waals surface area contributed by atoms with E-state index in [0.717, 1.165) is 25.7 Å². The zero-order valence-electron chi connectivity index (χ0n) is 15.7. The topological polar surface area (TPSA) is 80.9 Å². The highest BCUT2D eigenvalue weighted by atomic mass is 16.3. The maximum Gasteiger partial charge on any atom is 0.0616 e. The minimum atomic E-state index is -0.467. The smallest absolute Gasteiger partial charge is 0.0616 e. The van der Waals surface area contributed by atoms with Crippen LogP contribution in [0.5, 0.6) is 0 Å². The predicted molar refractivity (Wildman–Crippen MR) is 95.7 cm³/mol. The zero-order valence-corrected chi connectivity index (χ0v) is 15.7. The molecule has 3 saturated carbocycles. The molecule has 0 bridgehead atoms. The highest BCUT2D eigenvalue weighted by molar-refractivity contribution is 5.31. The third-order valence-corrected chi connectivity index (χ3v) is 8.63. The van der Waals surface area contributed by atoms with Gasteiger partial charge in [0.25, 0.3) is 0 Å². The van der Waals surface area contributed by atoms with Crippen molar-refractivity contribution in [2.45, 2.75) is 83.7 Å². The first-order valence-corrected chi connectivity index (χ1v) is 10.1. The van der Waals surface area contributed by atoms with Crippen molar-refractivity contribution in [1.82, 2.24) is 0 Å². The van der Waals surface area contributed by atoms with E-state index in [2.05, 4.69) is 19.9 Å². The van der Waals surface area contributed by atoms with Gasteiger partial charge in [-0.2, -0.15) is 0 Å². The molecule has 142 valence electrons. The molecule has 4 N–H and O–H groups in total. The fraction of sp³-hybridized carbons (Fsp3) is 0.905. The van der Waals surface area contributed by atoms with Crippen molar-refractivity contribution < 1.29 is 20.4 Å². The molecule has 0 spiro atoms. The number of allylic oxidation sites excluding steroid dienone is 1. The molecule has 4 nitrogen and oxygen atoms in total. The summed E-state index contributed by atoms with van der Waals surface area (Å²) in [6, 6.07) is 0. The molecule has 3 fully saturated rings. The van der Waals surface area contributed by atoms with Crippen LogP contribution in [-0.4, -0.2) is 44.8 Å². The third-order valence-electron chi connectivity index (χ3n) is 8.63. The van der Waals surface area contributed by atoms with Gasteiger partial charge in [-0.15, -0.1) is 0 Å². The minimum absolute atomic E-state index is 0.00664. The van der Waals surface area contributed by atoms with Crippen LogP contribution in [0.3, 0.4) is 0 Å². The van der Waals surface area contributed by atoms with Crippen LogP contribution in [0.1, 0.15) is 59.3 Å². The van der Waals surface area contributed by atoms with E-state index in [4.69, 9.17) is 0 Å². The molecule has 4 aliphatic rings. The Morgan fingerprint density at radius 3 is 2.40 bits per heavy atom. The third kappa shape index (κ3) is 2.40. The highest BCUT2D eigenvalue weighted by Gasteiger charge is 2.63. The lowest BCUT2D eigenvalue weighted by Crippen LogP contribution is -2.56. The van der Waals surface area contributed by atoms with E-state index in [9.17, 15) is 20.4 Å². The van der Waals surface area contributed by atoms with Gasteiger partial charge in [0, 0.05) is 11.8 Å². The van der Waals surface area contributed by atoms with Crippen molar-refractivity contribution in [1.29, 1.82) is 0 Å². The summed E-state index contributed by atoms with van der Waals surface area (Å²) in [6.45, 7) is 6.27. The van der Waals surface area contributed by atoms with Gasteiger partial charge in [0.1, 0.15) is 0 Å². The van der Waals surface area contributed by atoms with Crippen LogP contribution in [0, 0.1) is 34.5 Å². The molecule has 10 atom stereocenters. The summed E-state index contributed by atoms with van der Waals surface area (Å²) < 4.78 is 0. The van der Waals surface area contributed by atoms with E-state index in [1.165, 1.54) is 5.57 Å². The lowest BCUT2D eigenvalue weighted by atomic mass is 9.47. The van der Waals surface area contributed by atoms with E-state index in [0.29, 0.717) is 18.8 Å². The fourth-order valence-corrected chi connectivity index (χ4v) is 7.47. The molecule has 25 heavy (non-hydrogen) atoms. The van der Waals surface area contributed by atoms with E-state index in [1.54, 1.807) is 0 Å². The van der Waals surface area contributed by atoms with Gasteiger partial charge in [-0.3, -0.25) is 0 Å². The molecule has 4 heteroatoms. The maximum atomic E-state index is 11.2. The summed E-state index contributed by atoms with van der Waals surface area (Å²) in [7, 11) is 0. The molecule has 0 radical (unpaired) electrons. The number of rotatable bonds is 1. The summed E-state index contributed by atoms with van der Waals surface area (Å²) in [5.74, 6) is 0.571. The van der Waals surface area contributed by atoms with Crippen LogP contribution < -0.4 is 0 Å². The normalized spacial score (nSPS) is 56.4. The molecule has 0 aromatic carbocycles. The number of fused-ring (bicyclic) bond motifs is 5. The largest absolute Gasteiger partial charge is 0.393 e. The van der Waals surface area contributed by atoms with Crippen molar-refractivity contribution in [3.63, 3.8) is 0 Å². The Bertz CT molecular complexity index is 572. The van der Waals surface area contributed by atoms with Crippen LogP contribution in [0.15, 0.2) is 11.6 Å². The van der Waals surface area contributed by atoms with Crippen molar-refractivity contribution in [3.8, 4) is 0 Å². The Balaban J connectivity index is 1.75. The molecule has 4 rings (SSSR count). The average molecular weight is 350 g/mol. The van der Waals surface area contributed by atoms with Crippen LogP contribution in [0.25, 0.3) is 0 Å². The Morgan fingerprint density at radius 1 is 1.04 bits per heavy atom. The average Bonchev–Trinajstić information content (AvgIpc) is 2.78. The van der Waals surface area contributed by atoms with Crippen LogP contribution in [0.4, 0.5) is 0 Å². The molecule has 0 amide bonds. The summed E-state index contributed by atoms with van der Waals surface area (Å²) in [5, 5.41) is 42.5. The van der Waals surface area contributed by atoms with E-state index < -0.39 is 18.3 Å². The molecular formula is C21H34O4. The summed E-state index contributed by atoms with van der Waals surface area (Å²) in [5.41, 5.74) is 1.01. The van der Waals surface area contributed by atoms with E-state index >= 15 is 0 Å². The van der Waals surface area contributed by atoms with Gasteiger partial charge in [0.2, 0.25) is 0 Å². The highest BCUT2D eigenvalue weighted by Crippen LogP contribution is 2.66. The zero-order chi connectivity index (χ0) is 18.1. The molecule has 0 aromatic rings. The Hall–Kier alpha value is -0.420. The van der Waals surface area contributed by atoms with Gasteiger partial charge in [0.05, 0.1) is 24.4 Å². The lowest BCUT2D eigenvalue weighted by Gasteiger charge is -2.59. The molecule has 0 aliphatic heterocycles. The fourth-order valence-electron chi connectivity index (χ4n) is 7.47. The standard InChI is InChI=1S/C21H34O4/c1-11(22)15-9-16(24)18-14-5-4-12-8-13(23)6-7-20(12,2)19(14)17(25)10-21(15,18)3/h5,11-13,15-19,22-25H,4,6-10H2,1-3H3/t11-,12-,13+,15+,16-,17+,18+,19+,20-,21+/m0/s1. The van der Waals surface area contributed by atoms with Crippen molar-refractivity contribution >= 4 is 0 Å². The maximum absolute atomic E-state index is 11.2. The molecule has 0 unspecified atom stereocenters. The second kappa shape index (κ2) is 5.79. The van der Waals surface area contributed by atoms with Crippen LogP contribution >= 0.6 is 0 Å². The number of hydrogen-bond donors (Lipinski definition) is 4.